The fourth-order valence-electron chi connectivity index (χ4n) is 2.66. The summed E-state index contributed by atoms with van der Waals surface area (Å²) in [6.07, 6.45) is 1.20. The molecule has 1 aliphatic heterocycles. The monoisotopic (exact) mass is 299 g/mol. The lowest BCUT2D eigenvalue weighted by molar-refractivity contribution is -0.133. The molecule has 0 saturated carbocycles. The molecule has 0 aromatic rings. The first-order valence-corrected chi connectivity index (χ1v) is 7.87. The second-order valence-electron chi connectivity index (χ2n) is 6.00. The first kappa shape index (κ1) is 17.8. The van der Waals surface area contributed by atoms with Crippen LogP contribution in [0.25, 0.3) is 0 Å². The maximum atomic E-state index is 12.3. The third kappa shape index (κ3) is 5.91. The lowest BCUT2D eigenvalue weighted by atomic mass is 9.93. The molecular weight excluding hydrogens is 270 g/mol. The first-order chi connectivity index (χ1) is 9.97. The van der Waals surface area contributed by atoms with Crippen molar-refractivity contribution in [3.8, 4) is 0 Å². The molecule has 2 N–H and O–H groups in total. The molecule has 0 spiro atoms. The summed E-state index contributed by atoms with van der Waals surface area (Å²) in [5.74, 6) is 0.946. The lowest BCUT2D eigenvalue weighted by Gasteiger charge is -2.34. The summed E-state index contributed by atoms with van der Waals surface area (Å²) in [7, 11) is 0. The minimum Gasteiger partial charge on any atom is -0.450 e. The van der Waals surface area contributed by atoms with E-state index in [1.807, 2.05) is 4.90 Å². The van der Waals surface area contributed by atoms with Crippen LogP contribution in [0.2, 0.25) is 0 Å². The smallest absolute Gasteiger partial charge is 0.409 e. The van der Waals surface area contributed by atoms with Crippen molar-refractivity contribution in [2.45, 2.75) is 33.6 Å². The molecule has 1 aliphatic rings. The van der Waals surface area contributed by atoms with Crippen molar-refractivity contribution in [3.05, 3.63) is 0 Å². The van der Waals surface area contributed by atoms with E-state index >= 15 is 0 Å². The van der Waals surface area contributed by atoms with E-state index in [1.54, 1.807) is 11.8 Å². The third-order valence-corrected chi connectivity index (χ3v) is 3.76. The molecule has 6 heteroatoms. The van der Waals surface area contributed by atoms with Gasteiger partial charge in [-0.15, -0.1) is 0 Å². The average molecular weight is 299 g/mol. The Labute approximate surface area is 127 Å². The highest BCUT2D eigenvalue weighted by atomic mass is 16.6. The summed E-state index contributed by atoms with van der Waals surface area (Å²) in [5, 5.41) is 0. The molecule has 1 saturated heterocycles. The van der Waals surface area contributed by atoms with Crippen molar-refractivity contribution in [1.29, 1.82) is 0 Å². The van der Waals surface area contributed by atoms with Gasteiger partial charge in [-0.1, -0.05) is 13.8 Å². The van der Waals surface area contributed by atoms with Crippen LogP contribution >= 0.6 is 0 Å². The van der Waals surface area contributed by atoms with Gasteiger partial charge in [-0.05, 0) is 31.7 Å². The van der Waals surface area contributed by atoms with Gasteiger partial charge in [0.25, 0.3) is 0 Å². The fourth-order valence-corrected chi connectivity index (χ4v) is 2.66. The Morgan fingerprint density at radius 1 is 1.14 bits per heavy atom. The number of nitrogens with two attached hydrogens (primary N) is 1. The SMILES string of the molecule is CCOC(=O)N1CCN(C(=O)CC(CN)CC(C)C)CC1. The molecule has 0 aromatic heterocycles. The molecule has 2 amide bonds. The van der Waals surface area contributed by atoms with Crippen LogP contribution in [-0.2, 0) is 9.53 Å². The molecule has 0 bridgehead atoms. The van der Waals surface area contributed by atoms with E-state index in [1.165, 1.54) is 0 Å². The summed E-state index contributed by atoms with van der Waals surface area (Å²) in [4.78, 5) is 27.4. The van der Waals surface area contributed by atoms with Gasteiger partial charge in [0, 0.05) is 32.6 Å². The summed E-state index contributed by atoms with van der Waals surface area (Å²) >= 11 is 0. The van der Waals surface area contributed by atoms with Crippen molar-refractivity contribution >= 4 is 12.0 Å². The Bertz CT molecular complexity index is 339. The molecule has 122 valence electrons. The van der Waals surface area contributed by atoms with Crippen LogP contribution in [0.3, 0.4) is 0 Å². The quantitative estimate of drug-likeness (QED) is 0.802. The Morgan fingerprint density at radius 2 is 1.71 bits per heavy atom. The predicted octanol–water partition coefficient (Wildman–Crippen LogP) is 1.30. The van der Waals surface area contributed by atoms with Gasteiger partial charge in [0.05, 0.1) is 6.61 Å². The van der Waals surface area contributed by atoms with Crippen molar-refractivity contribution in [3.63, 3.8) is 0 Å². The van der Waals surface area contributed by atoms with Gasteiger partial charge in [-0.25, -0.2) is 4.79 Å². The van der Waals surface area contributed by atoms with Gasteiger partial charge < -0.3 is 20.3 Å². The zero-order chi connectivity index (χ0) is 15.8. The molecule has 1 fully saturated rings. The molecule has 0 radical (unpaired) electrons. The highest BCUT2D eigenvalue weighted by Gasteiger charge is 2.26. The number of nitrogens with zero attached hydrogens (tertiary/aromatic N) is 2. The lowest BCUT2D eigenvalue weighted by Crippen LogP contribution is -2.51. The van der Waals surface area contributed by atoms with E-state index in [9.17, 15) is 9.59 Å². The molecule has 1 heterocycles. The summed E-state index contributed by atoms with van der Waals surface area (Å²) < 4.78 is 4.97. The number of hydrogen-bond acceptors (Lipinski definition) is 4. The Balaban J connectivity index is 2.39. The topological polar surface area (TPSA) is 75.9 Å². The number of carbonyl (C=O) groups is 2. The van der Waals surface area contributed by atoms with Crippen molar-refractivity contribution in [2.24, 2.45) is 17.6 Å². The molecule has 21 heavy (non-hydrogen) atoms. The van der Waals surface area contributed by atoms with E-state index in [2.05, 4.69) is 13.8 Å². The van der Waals surface area contributed by atoms with Gasteiger partial charge in [0.1, 0.15) is 0 Å². The van der Waals surface area contributed by atoms with E-state index in [-0.39, 0.29) is 17.9 Å². The average Bonchev–Trinajstić information content (AvgIpc) is 2.46. The predicted molar refractivity (Wildman–Crippen MR) is 81.8 cm³/mol. The van der Waals surface area contributed by atoms with Gasteiger partial charge in [-0.2, -0.15) is 0 Å². The zero-order valence-electron chi connectivity index (χ0n) is 13.5. The number of amides is 2. The van der Waals surface area contributed by atoms with Crippen LogP contribution in [0.5, 0.6) is 0 Å². The van der Waals surface area contributed by atoms with Gasteiger partial charge >= 0.3 is 6.09 Å². The number of rotatable bonds is 6. The van der Waals surface area contributed by atoms with Gasteiger partial charge in [-0.3, -0.25) is 4.79 Å². The van der Waals surface area contributed by atoms with E-state index in [0.29, 0.717) is 51.7 Å². The van der Waals surface area contributed by atoms with Crippen molar-refractivity contribution < 1.29 is 14.3 Å². The van der Waals surface area contributed by atoms with E-state index in [0.717, 1.165) is 6.42 Å². The zero-order valence-corrected chi connectivity index (χ0v) is 13.5. The minimum absolute atomic E-state index is 0.148. The standard InChI is InChI=1S/C15H29N3O3/c1-4-21-15(20)18-7-5-17(6-8-18)14(19)10-13(11-16)9-12(2)3/h12-13H,4-11,16H2,1-3H3. The molecule has 0 aliphatic carbocycles. The van der Waals surface area contributed by atoms with Crippen LogP contribution in [-0.4, -0.2) is 61.1 Å². The van der Waals surface area contributed by atoms with E-state index < -0.39 is 0 Å². The summed E-state index contributed by atoms with van der Waals surface area (Å²) in [6.45, 7) is 9.26. The van der Waals surface area contributed by atoms with Gasteiger partial charge in [0.2, 0.25) is 5.91 Å². The number of carbonyl (C=O) groups excluding carboxylic acids is 2. The number of piperazine rings is 1. The largest absolute Gasteiger partial charge is 0.450 e. The highest BCUT2D eigenvalue weighted by Crippen LogP contribution is 2.16. The third-order valence-electron chi connectivity index (χ3n) is 3.76. The maximum absolute atomic E-state index is 12.3. The normalized spacial score (nSPS) is 17.0. The summed E-state index contributed by atoms with van der Waals surface area (Å²) in [6, 6.07) is 0. The Kier molecular flexibility index (Phi) is 7.50. The van der Waals surface area contributed by atoms with E-state index in [4.69, 9.17) is 10.5 Å². The molecule has 0 aromatic carbocycles. The second kappa shape index (κ2) is 8.87. The summed E-state index contributed by atoms with van der Waals surface area (Å²) in [5.41, 5.74) is 5.75. The van der Waals surface area contributed by atoms with Crippen LogP contribution in [0.4, 0.5) is 4.79 Å². The first-order valence-electron chi connectivity index (χ1n) is 7.87. The number of ether oxygens (including phenoxy) is 1. The van der Waals surface area contributed by atoms with Crippen molar-refractivity contribution in [2.75, 3.05) is 39.3 Å². The van der Waals surface area contributed by atoms with Crippen LogP contribution in [0.15, 0.2) is 0 Å². The van der Waals surface area contributed by atoms with Crippen LogP contribution in [0.1, 0.15) is 33.6 Å². The molecule has 1 rings (SSSR count). The number of hydrogen-bond donors (Lipinski definition) is 1. The van der Waals surface area contributed by atoms with Gasteiger partial charge in [0.15, 0.2) is 0 Å². The Hall–Kier alpha value is -1.30. The fraction of sp³-hybridized carbons (Fsp3) is 0.867. The van der Waals surface area contributed by atoms with Crippen LogP contribution in [0, 0.1) is 11.8 Å². The molecule has 1 atom stereocenters. The maximum Gasteiger partial charge on any atom is 0.409 e. The van der Waals surface area contributed by atoms with Crippen molar-refractivity contribution in [1.82, 2.24) is 9.80 Å². The minimum atomic E-state index is -0.288. The molecule has 6 nitrogen and oxygen atoms in total. The Morgan fingerprint density at radius 3 is 2.19 bits per heavy atom. The molecular formula is C15H29N3O3. The second-order valence-corrected chi connectivity index (χ2v) is 6.00. The van der Waals surface area contributed by atoms with Crippen LogP contribution < -0.4 is 5.73 Å². The molecule has 1 unspecified atom stereocenters. The highest BCUT2D eigenvalue weighted by molar-refractivity contribution is 5.77.